The molecule has 0 bridgehead atoms. The fraction of sp³-hybridized carbons (Fsp3) is 0.600. The number of ether oxygens (including phenoxy) is 2. The molecule has 2 unspecified atom stereocenters. The summed E-state index contributed by atoms with van der Waals surface area (Å²) in [5.74, 6) is -3.09. The van der Waals surface area contributed by atoms with Gasteiger partial charge in [0.05, 0.1) is 24.7 Å². The van der Waals surface area contributed by atoms with Crippen LogP contribution in [0.1, 0.15) is 25.7 Å². The highest BCUT2D eigenvalue weighted by atomic mass is 16.6. The molecule has 0 N–H and O–H groups in total. The van der Waals surface area contributed by atoms with E-state index in [0.29, 0.717) is 12.8 Å². The molecule has 0 aromatic heterocycles. The molecule has 86 valence electrons. The van der Waals surface area contributed by atoms with Crippen LogP contribution in [0.3, 0.4) is 0 Å². The van der Waals surface area contributed by atoms with Crippen molar-refractivity contribution in [1.29, 1.82) is 0 Å². The van der Waals surface area contributed by atoms with Crippen LogP contribution in [0.5, 0.6) is 0 Å². The molecule has 2 fully saturated rings. The van der Waals surface area contributed by atoms with Crippen LogP contribution in [0, 0.1) is 11.8 Å². The van der Waals surface area contributed by atoms with Gasteiger partial charge < -0.3 is 9.47 Å². The Morgan fingerprint density at radius 1 is 0.812 bits per heavy atom. The fourth-order valence-corrected chi connectivity index (χ4v) is 1.89. The lowest BCUT2D eigenvalue weighted by Gasteiger charge is -2.06. The first-order chi connectivity index (χ1) is 7.56. The molecule has 2 aliphatic rings. The maximum atomic E-state index is 11.1. The van der Waals surface area contributed by atoms with Crippen molar-refractivity contribution in [3.05, 3.63) is 0 Å². The Morgan fingerprint density at radius 3 is 1.44 bits per heavy atom. The van der Waals surface area contributed by atoms with Gasteiger partial charge in [-0.1, -0.05) is 0 Å². The Morgan fingerprint density at radius 2 is 1.19 bits per heavy atom. The minimum absolute atomic E-state index is 0.0640. The minimum Gasteiger partial charge on any atom is -0.393 e. The molecule has 0 radical (unpaired) electrons. The lowest BCUT2D eigenvalue weighted by Crippen LogP contribution is -2.13. The van der Waals surface area contributed by atoms with Crippen molar-refractivity contribution in [3.8, 4) is 0 Å². The fourth-order valence-electron chi connectivity index (χ4n) is 1.89. The summed E-state index contributed by atoms with van der Waals surface area (Å²) in [6.07, 6.45) is 0.873. The third kappa shape index (κ3) is 2.10. The van der Waals surface area contributed by atoms with Crippen LogP contribution in [0.4, 0.5) is 0 Å². The van der Waals surface area contributed by atoms with E-state index in [-0.39, 0.29) is 12.8 Å². The molecule has 2 saturated heterocycles. The van der Waals surface area contributed by atoms with Crippen LogP contribution < -0.4 is 0 Å². The molecule has 0 aliphatic carbocycles. The van der Waals surface area contributed by atoms with Gasteiger partial charge in [0.15, 0.2) is 0 Å². The summed E-state index contributed by atoms with van der Waals surface area (Å²) in [6, 6.07) is 0. The SMILES string of the molecule is O=C1CC(CCC2CC(=O)OC2=O)C(=O)O1. The lowest BCUT2D eigenvalue weighted by atomic mass is 9.94. The molecule has 2 atom stereocenters. The van der Waals surface area contributed by atoms with Crippen molar-refractivity contribution in [2.24, 2.45) is 11.8 Å². The molecule has 16 heavy (non-hydrogen) atoms. The van der Waals surface area contributed by atoms with Gasteiger partial charge in [-0.15, -0.1) is 0 Å². The third-order valence-corrected chi connectivity index (χ3v) is 2.79. The summed E-state index contributed by atoms with van der Waals surface area (Å²) in [4.78, 5) is 43.8. The molecule has 0 spiro atoms. The normalized spacial score (nSPS) is 29.5. The molecule has 2 heterocycles. The van der Waals surface area contributed by atoms with E-state index < -0.39 is 35.7 Å². The van der Waals surface area contributed by atoms with Crippen molar-refractivity contribution >= 4 is 23.9 Å². The van der Waals surface area contributed by atoms with Gasteiger partial charge in [-0.05, 0) is 12.8 Å². The van der Waals surface area contributed by atoms with Crippen LogP contribution in [0.25, 0.3) is 0 Å². The van der Waals surface area contributed by atoms with Gasteiger partial charge in [-0.3, -0.25) is 19.2 Å². The number of esters is 4. The van der Waals surface area contributed by atoms with E-state index in [1.165, 1.54) is 0 Å². The van der Waals surface area contributed by atoms with E-state index in [4.69, 9.17) is 0 Å². The highest BCUT2D eigenvalue weighted by Crippen LogP contribution is 2.27. The second-order valence-corrected chi connectivity index (χ2v) is 3.97. The van der Waals surface area contributed by atoms with Gasteiger partial charge in [0, 0.05) is 0 Å². The van der Waals surface area contributed by atoms with Crippen LogP contribution >= 0.6 is 0 Å². The molecule has 0 aromatic rings. The van der Waals surface area contributed by atoms with E-state index in [9.17, 15) is 19.2 Å². The molecular formula is C10H10O6. The summed E-state index contributed by atoms with van der Waals surface area (Å²) in [5, 5.41) is 0. The average molecular weight is 226 g/mol. The van der Waals surface area contributed by atoms with Gasteiger partial charge >= 0.3 is 23.9 Å². The third-order valence-electron chi connectivity index (χ3n) is 2.79. The summed E-state index contributed by atoms with van der Waals surface area (Å²) in [5.41, 5.74) is 0. The average Bonchev–Trinajstić information content (AvgIpc) is 2.66. The topological polar surface area (TPSA) is 86.7 Å². The predicted molar refractivity (Wildman–Crippen MR) is 47.6 cm³/mol. The minimum atomic E-state index is -0.539. The quantitative estimate of drug-likeness (QED) is 0.495. The highest BCUT2D eigenvalue weighted by Gasteiger charge is 2.37. The molecule has 0 amide bonds. The number of rotatable bonds is 3. The van der Waals surface area contributed by atoms with Crippen LogP contribution in [-0.2, 0) is 28.7 Å². The number of carbonyl (C=O) groups excluding carboxylic acids is 4. The van der Waals surface area contributed by atoms with Gasteiger partial charge in [-0.25, -0.2) is 0 Å². The second-order valence-electron chi connectivity index (χ2n) is 3.97. The zero-order valence-corrected chi connectivity index (χ0v) is 8.43. The van der Waals surface area contributed by atoms with E-state index in [1.807, 2.05) is 0 Å². The van der Waals surface area contributed by atoms with Crippen LogP contribution in [0.15, 0.2) is 0 Å². The van der Waals surface area contributed by atoms with Crippen LogP contribution in [-0.4, -0.2) is 23.9 Å². The summed E-state index contributed by atoms with van der Waals surface area (Å²) >= 11 is 0. The molecular weight excluding hydrogens is 216 g/mol. The Bertz CT molecular complexity index is 336. The van der Waals surface area contributed by atoms with E-state index >= 15 is 0 Å². The molecule has 0 saturated carbocycles. The first kappa shape index (κ1) is 10.8. The van der Waals surface area contributed by atoms with Crippen molar-refractivity contribution in [1.82, 2.24) is 0 Å². The molecule has 6 heteroatoms. The Balaban J connectivity index is 1.84. The van der Waals surface area contributed by atoms with Gasteiger partial charge in [0.2, 0.25) is 0 Å². The molecule has 6 nitrogen and oxygen atoms in total. The smallest absolute Gasteiger partial charge is 0.317 e. The van der Waals surface area contributed by atoms with Crippen molar-refractivity contribution < 1.29 is 28.7 Å². The Kier molecular flexibility index (Phi) is 2.72. The highest BCUT2D eigenvalue weighted by molar-refractivity contribution is 5.95. The van der Waals surface area contributed by atoms with Gasteiger partial charge in [0.25, 0.3) is 0 Å². The monoisotopic (exact) mass is 226 g/mol. The number of cyclic esters (lactones) is 4. The lowest BCUT2D eigenvalue weighted by molar-refractivity contribution is -0.155. The predicted octanol–water partition coefficient (Wildman–Crippen LogP) is -0.0540. The standard InChI is InChI=1S/C10H10O6/c11-7-3-5(9(13)15-7)1-2-6-4-8(12)16-10(6)14/h5-6H,1-4H2. The van der Waals surface area contributed by atoms with E-state index in [0.717, 1.165) is 0 Å². The second kappa shape index (κ2) is 4.03. The maximum Gasteiger partial charge on any atom is 0.317 e. The number of carbonyl (C=O) groups is 4. The van der Waals surface area contributed by atoms with Crippen LogP contribution in [0.2, 0.25) is 0 Å². The molecule has 2 rings (SSSR count). The summed E-state index contributed by atoms with van der Waals surface area (Å²) in [6.45, 7) is 0. The Labute approximate surface area is 90.9 Å². The van der Waals surface area contributed by atoms with E-state index in [1.54, 1.807) is 0 Å². The van der Waals surface area contributed by atoms with Gasteiger partial charge in [0.1, 0.15) is 0 Å². The van der Waals surface area contributed by atoms with Crippen molar-refractivity contribution in [3.63, 3.8) is 0 Å². The molecule has 0 aromatic carbocycles. The zero-order valence-electron chi connectivity index (χ0n) is 8.43. The van der Waals surface area contributed by atoms with Gasteiger partial charge in [-0.2, -0.15) is 0 Å². The largest absolute Gasteiger partial charge is 0.393 e. The zero-order chi connectivity index (χ0) is 11.7. The first-order valence-electron chi connectivity index (χ1n) is 5.05. The van der Waals surface area contributed by atoms with Crippen molar-refractivity contribution in [2.45, 2.75) is 25.7 Å². The summed E-state index contributed by atoms with van der Waals surface area (Å²) in [7, 11) is 0. The van der Waals surface area contributed by atoms with E-state index in [2.05, 4.69) is 9.47 Å². The Hall–Kier alpha value is -1.72. The molecule has 2 aliphatic heterocycles. The summed E-state index contributed by atoms with van der Waals surface area (Å²) < 4.78 is 8.75. The first-order valence-corrected chi connectivity index (χ1v) is 5.05. The number of hydrogen-bond acceptors (Lipinski definition) is 6. The number of hydrogen-bond donors (Lipinski definition) is 0. The van der Waals surface area contributed by atoms with Crippen molar-refractivity contribution in [2.75, 3.05) is 0 Å². The maximum absolute atomic E-state index is 11.1.